The van der Waals surface area contributed by atoms with Crippen molar-refractivity contribution in [3.05, 3.63) is 65.2 Å². The summed E-state index contributed by atoms with van der Waals surface area (Å²) in [6.45, 7) is 0. The van der Waals surface area contributed by atoms with Crippen molar-refractivity contribution in [2.24, 2.45) is 0 Å². The topological polar surface area (TPSA) is 51.2 Å². The van der Waals surface area contributed by atoms with Crippen LogP contribution in [0.15, 0.2) is 53.4 Å². The molecule has 3 nitrogen and oxygen atoms in total. The van der Waals surface area contributed by atoms with Crippen molar-refractivity contribution in [1.82, 2.24) is 0 Å². The molecular weight excluding hydrogens is 272 g/mol. The first-order valence-electron chi connectivity index (χ1n) is 5.87. The molecule has 2 rings (SSSR count). The van der Waals surface area contributed by atoms with E-state index in [2.05, 4.69) is 11.8 Å². The van der Waals surface area contributed by atoms with Crippen molar-refractivity contribution in [2.75, 3.05) is 6.26 Å². The van der Waals surface area contributed by atoms with Gasteiger partial charge in [0, 0.05) is 22.9 Å². The first-order valence-corrected chi connectivity index (χ1v) is 7.76. The Hall–Kier alpha value is -2.38. The number of rotatable bonds is 2. The van der Waals surface area contributed by atoms with Crippen molar-refractivity contribution in [3.63, 3.8) is 0 Å². The Labute approximate surface area is 118 Å². The van der Waals surface area contributed by atoms with Gasteiger partial charge in [-0.3, -0.25) is 4.79 Å². The number of carbonyl (C=O) groups is 1. The van der Waals surface area contributed by atoms with E-state index in [1.165, 1.54) is 12.1 Å². The molecule has 0 aromatic heterocycles. The van der Waals surface area contributed by atoms with Crippen LogP contribution in [0.2, 0.25) is 0 Å². The molecule has 0 aliphatic heterocycles. The maximum absolute atomic E-state index is 11.3. The fraction of sp³-hybridized carbons (Fsp3) is 0.0625. The molecule has 4 heteroatoms. The van der Waals surface area contributed by atoms with Crippen molar-refractivity contribution in [2.45, 2.75) is 4.90 Å². The third-order valence-electron chi connectivity index (χ3n) is 2.71. The zero-order chi connectivity index (χ0) is 14.6. The molecule has 100 valence electrons. The summed E-state index contributed by atoms with van der Waals surface area (Å²) in [7, 11) is -3.19. The number of sulfone groups is 1. The zero-order valence-corrected chi connectivity index (χ0v) is 11.6. The van der Waals surface area contributed by atoms with E-state index in [4.69, 9.17) is 0 Å². The van der Waals surface area contributed by atoms with Crippen LogP contribution in [0.25, 0.3) is 0 Å². The molecule has 0 aliphatic rings. The van der Waals surface area contributed by atoms with Gasteiger partial charge in [-0.1, -0.05) is 30.0 Å². The SMILES string of the molecule is CS(=O)(=O)c1ccc(C#Cc2ccccc2C=O)cc1. The Morgan fingerprint density at radius 3 is 2.20 bits per heavy atom. The first-order chi connectivity index (χ1) is 9.50. The van der Waals surface area contributed by atoms with E-state index in [9.17, 15) is 13.2 Å². The van der Waals surface area contributed by atoms with Gasteiger partial charge in [0.15, 0.2) is 16.1 Å². The highest BCUT2D eigenvalue weighted by atomic mass is 32.2. The Balaban J connectivity index is 2.32. The summed E-state index contributed by atoms with van der Waals surface area (Å²) in [6.07, 6.45) is 1.92. The van der Waals surface area contributed by atoms with Gasteiger partial charge in [-0.2, -0.15) is 0 Å². The second kappa shape index (κ2) is 5.72. The van der Waals surface area contributed by atoms with E-state index in [0.29, 0.717) is 16.7 Å². The maximum Gasteiger partial charge on any atom is 0.175 e. The summed E-state index contributed by atoms with van der Waals surface area (Å²) >= 11 is 0. The van der Waals surface area contributed by atoms with Crippen LogP contribution in [0.3, 0.4) is 0 Å². The molecule has 0 saturated heterocycles. The van der Waals surface area contributed by atoms with E-state index in [1.807, 2.05) is 6.07 Å². The highest BCUT2D eigenvalue weighted by Crippen LogP contribution is 2.10. The number of carbonyl (C=O) groups excluding carboxylic acids is 1. The summed E-state index contributed by atoms with van der Waals surface area (Å²) in [5, 5.41) is 0. The zero-order valence-electron chi connectivity index (χ0n) is 10.8. The van der Waals surface area contributed by atoms with Crippen LogP contribution < -0.4 is 0 Å². The molecule has 0 spiro atoms. The minimum atomic E-state index is -3.19. The van der Waals surface area contributed by atoms with Crippen LogP contribution in [0, 0.1) is 11.8 Å². The molecule has 2 aromatic carbocycles. The molecule has 0 N–H and O–H groups in total. The van der Waals surface area contributed by atoms with E-state index in [1.54, 1.807) is 30.3 Å². The van der Waals surface area contributed by atoms with Gasteiger partial charge >= 0.3 is 0 Å². The van der Waals surface area contributed by atoms with Crippen molar-refractivity contribution < 1.29 is 13.2 Å². The third kappa shape index (κ3) is 3.34. The summed E-state index contributed by atoms with van der Waals surface area (Å²) < 4.78 is 22.7. The predicted octanol–water partition coefficient (Wildman–Crippen LogP) is 2.30. The smallest absolute Gasteiger partial charge is 0.175 e. The van der Waals surface area contributed by atoms with E-state index in [0.717, 1.165) is 12.5 Å². The molecule has 0 fully saturated rings. The minimum Gasteiger partial charge on any atom is -0.298 e. The highest BCUT2D eigenvalue weighted by molar-refractivity contribution is 7.90. The van der Waals surface area contributed by atoms with E-state index < -0.39 is 9.84 Å². The van der Waals surface area contributed by atoms with Gasteiger partial charge in [0.1, 0.15) is 0 Å². The van der Waals surface area contributed by atoms with E-state index in [-0.39, 0.29) is 4.90 Å². The van der Waals surface area contributed by atoms with Crippen LogP contribution in [0.1, 0.15) is 21.5 Å². The fourth-order valence-corrected chi connectivity index (χ4v) is 2.27. The largest absolute Gasteiger partial charge is 0.298 e. The van der Waals surface area contributed by atoms with Gasteiger partial charge in [-0.05, 0) is 30.3 Å². The molecule has 0 atom stereocenters. The lowest BCUT2D eigenvalue weighted by Crippen LogP contribution is -1.96. The Morgan fingerprint density at radius 1 is 0.950 bits per heavy atom. The molecule has 0 radical (unpaired) electrons. The van der Waals surface area contributed by atoms with Crippen molar-refractivity contribution in [3.8, 4) is 11.8 Å². The van der Waals surface area contributed by atoms with Crippen LogP contribution in [0.5, 0.6) is 0 Å². The second-order valence-corrected chi connectivity index (χ2v) is 6.27. The molecule has 0 amide bonds. The van der Waals surface area contributed by atoms with Crippen LogP contribution in [0.4, 0.5) is 0 Å². The predicted molar refractivity (Wildman–Crippen MR) is 77.4 cm³/mol. The average molecular weight is 284 g/mol. The standard InChI is InChI=1S/C16H12O3S/c1-20(18,19)16-10-7-13(8-11-16)6-9-14-4-2-3-5-15(14)12-17/h2-5,7-8,10-12H,1H3. The van der Waals surface area contributed by atoms with Crippen LogP contribution in [-0.2, 0) is 9.84 Å². The molecule has 2 aromatic rings. The van der Waals surface area contributed by atoms with Gasteiger partial charge in [0.2, 0.25) is 0 Å². The monoisotopic (exact) mass is 284 g/mol. The quantitative estimate of drug-likeness (QED) is 0.628. The van der Waals surface area contributed by atoms with Gasteiger partial charge in [-0.15, -0.1) is 0 Å². The van der Waals surface area contributed by atoms with Crippen molar-refractivity contribution in [1.29, 1.82) is 0 Å². The van der Waals surface area contributed by atoms with Crippen LogP contribution in [-0.4, -0.2) is 21.0 Å². The van der Waals surface area contributed by atoms with Crippen LogP contribution >= 0.6 is 0 Å². The van der Waals surface area contributed by atoms with Crippen molar-refractivity contribution >= 4 is 16.1 Å². The summed E-state index contributed by atoms with van der Waals surface area (Å²) in [4.78, 5) is 11.1. The number of hydrogen-bond acceptors (Lipinski definition) is 3. The van der Waals surface area contributed by atoms with Gasteiger partial charge < -0.3 is 0 Å². The average Bonchev–Trinajstić information content (AvgIpc) is 2.45. The molecule has 0 unspecified atom stereocenters. The minimum absolute atomic E-state index is 0.261. The summed E-state index contributed by atoms with van der Waals surface area (Å²) in [6, 6.07) is 13.4. The lowest BCUT2D eigenvalue weighted by Gasteiger charge is -1.97. The normalized spacial score (nSPS) is 10.4. The molecule has 20 heavy (non-hydrogen) atoms. The number of hydrogen-bond donors (Lipinski definition) is 0. The molecule has 0 aliphatic carbocycles. The molecule has 0 saturated carbocycles. The van der Waals surface area contributed by atoms with Gasteiger partial charge in [0.05, 0.1) is 4.90 Å². The fourth-order valence-electron chi connectivity index (χ4n) is 1.64. The number of benzene rings is 2. The third-order valence-corrected chi connectivity index (χ3v) is 3.84. The Morgan fingerprint density at radius 2 is 1.60 bits per heavy atom. The molecule has 0 bridgehead atoms. The second-order valence-electron chi connectivity index (χ2n) is 4.25. The lowest BCUT2D eigenvalue weighted by atomic mass is 10.1. The lowest BCUT2D eigenvalue weighted by molar-refractivity contribution is 0.112. The first kappa shape index (κ1) is 14.0. The molecular formula is C16H12O3S. The Kier molecular flexibility index (Phi) is 4.02. The highest BCUT2D eigenvalue weighted by Gasteiger charge is 2.05. The maximum atomic E-state index is 11.3. The van der Waals surface area contributed by atoms with E-state index >= 15 is 0 Å². The Bertz CT molecular complexity index is 792. The van der Waals surface area contributed by atoms with Gasteiger partial charge in [0.25, 0.3) is 0 Å². The number of aldehydes is 1. The summed E-state index contributed by atoms with van der Waals surface area (Å²) in [5.41, 5.74) is 1.88. The molecule has 0 heterocycles. The summed E-state index contributed by atoms with van der Waals surface area (Å²) in [5.74, 6) is 5.82. The van der Waals surface area contributed by atoms with Gasteiger partial charge in [-0.25, -0.2) is 8.42 Å².